The number of benzene rings is 10. The molecule has 0 atom stereocenters. The van der Waals surface area contributed by atoms with Gasteiger partial charge < -0.3 is 27.0 Å². The molecule has 8 heteroatoms. The molecule has 0 saturated carbocycles. The van der Waals surface area contributed by atoms with Crippen LogP contribution in [0.4, 0.5) is 0 Å². The first-order valence-electron chi connectivity index (χ1n) is 23.2. The van der Waals surface area contributed by atoms with Gasteiger partial charge in [-0.25, -0.2) is 0 Å². The molecule has 0 spiro atoms. The molecule has 6 heterocycles. The van der Waals surface area contributed by atoms with Crippen molar-refractivity contribution in [2.45, 2.75) is 0 Å². The predicted molar refractivity (Wildman–Crippen MR) is 281 cm³/mol. The molecule has 0 saturated heterocycles. The van der Waals surface area contributed by atoms with Gasteiger partial charge in [0, 0.05) is 48.5 Å². The van der Waals surface area contributed by atoms with Crippen LogP contribution in [0.1, 0.15) is 11.1 Å². The number of aromatic nitrogens is 3. The highest BCUT2D eigenvalue weighted by atomic mass is 16.3. The van der Waals surface area contributed by atoms with E-state index in [-0.39, 0.29) is 0 Å². The second-order valence-electron chi connectivity index (χ2n) is 18.1. The first kappa shape index (κ1) is 37.1. The Labute approximate surface area is 395 Å². The van der Waals surface area contributed by atoms with Crippen LogP contribution in [0.15, 0.2) is 201 Å². The molecule has 0 radical (unpaired) electrons. The highest BCUT2D eigenvalue weighted by molar-refractivity contribution is 6.27. The monoisotopic (exact) mass is 893 g/mol. The minimum atomic E-state index is 0.334. The first-order valence-corrected chi connectivity index (χ1v) is 23.2. The van der Waals surface area contributed by atoms with Gasteiger partial charge in [0.2, 0.25) is 0 Å². The van der Waals surface area contributed by atoms with Gasteiger partial charge in [-0.15, -0.1) is 0 Å². The average molecular weight is 894 g/mol. The van der Waals surface area contributed by atoms with E-state index in [1.165, 1.54) is 0 Å². The summed E-state index contributed by atoms with van der Waals surface area (Å²) >= 11 is 0. The molecular weight excluding hydrogens is 863 g/mol. The maximum Gasteiger partial charge on any atom is 0.145 e. The van der Waals surface area contributed by atoms with Crippen LogP contribution in [-0.2, 0) is 0 Å². The molecule has 10 aromatic carbocycles. The molecule has 0 unspecified atom stereocenters. The van der Waals surface area contributed by atoms with E-state index < -0.39 is 0 Å². The van der Waals surface area contributed by atoms with Gasteiger partial charge in [-0.05, 0) is 78.9 Å². The zero-order valence-corrected chi connectivity index (χ0v) is 36.9. The van der Waals surface area contributed by atoms with Crippen molar-refractivity contribution >= 4 is 131 Å². The van der Waals surface area contributed by atoms with Crippen LogP contribution in [0.5, 0.6) is 0 Å². The molecule has 0 bridgehead atoms. The summed E-state index contributed by atoms with van der Waals surface area (Å²) in [5, 5.41) is 35.7. The van der Waals surface area contributed by atoms with Crippen molar-refractivity contribution in [3.63, 3.8) is 0 Å². The summed E-state index contributed by atoms with van der Waals surface area (Å²) in [6, 6.07) is 69.3. The molecule has 0 amide bonds. The van der Waals surface area contributed by atoms with Crippen LogP contribution in [-0.4, -0.2) is 13.7 Å². The fourth-order valence-electron chi connectivity index (χ4n) is 11.9. The Kier molecular flexibility index (Phi) is 7.06. The second-order valence-corrected chi connectivity index (χ2v) is 18.1. The van der Waals surface area contributed by atoms with Gasteiger partial charge in [0.1, 0.15) is 56.8 Å². The first-order chi connectivity index (χ1) is 34.7. The molecule has 6 aromatic heterocycles. The van der Waals surface area contributed by atoms with Crippen LogP contribution in [0.2, 0.25) is 0 Å². The molecule has 0 fully saturated rings. The Morgan fingerprint density at radius 3 is 0.986 bits per heavy atom. The Balaban J connectivity index is 1.12. The van der Waals surface area contributed by atoms with Crippen molar-refractivity contribution in [2.24, 2.45) is 0 Å². The Bertz CT molecular complexity index is 4890. The van der Waals surface area contributed by atoms with Crippen LogP contribution >= 0.6 is 0 Å². The van der Waals surface area contributed by atoms with Crippen LogP contribution in [0, 0.1) is 22.7 Å². The zero-order chi connectivity index (χ0) is 45.9. The lowest BCUT2D eigenvalue weighted by Crippen LogP contribution is -2.11. The number of rotatable bonds is 3. The van der Waals surface area contributed by atoms with Crippen LogP contribution in [0.3, 0.4) is 0 Å². The lowest BCUT2D eigenvalue weighted by atomic mass is 10.0. The molecule has 0 N–H and O–H groups in total. The number of hydrogen-bond acceptors (Lipinski definition) is 5. The summed E-state index contributed by atoms with van der Waals surface area (Å²) < 4.78 is 26.7. The standard InChI is InChI=1S/C62H31N5O3/c63-32-43-51(65-45-19-7-1-16-40(45)56-48(65)28-25-37-34-13-4-10-22-53(34)68-60(37)56)31-52(66-46-20-8-2-17-41(46)57-49(66)29-26-38-35-14-5-11-23-54(35)69-61(38)57)44(33-64)59(43)67-47-21-9-3-18-42(47)58-50(67)30-27-39-36-15-6-12-24-55(36)70-62(39)58/h1-31H. The van der Waals surface area contributed by atoms with E-state index >= 15 is 0 Å². The molecule has 0 aliphatic carbocycles. The van der Waals surface area contributed by atoms with Crippen molar-refractivity contribution in [3.8, 4) is 29.2 Å². The van der Waals surface area contributed by atoms with Crippen LogP contribution < -0.4 is 0 Å². The fourth-order valence-corrected chi connectivity index (χ4v) is 11.9. The van der Waals surface area contributed by atoms with Gasteiger partial charge in [-0.3, -0.25) is 0 Å². The van der Waals surface area contributed by atoms with Gasteiger partial charge in [0.15, 0.2) is 0 Å². The number of nitrogens with zero attached hydrogens (tertiary/aromatic N) is 5. The fraction of sp³-hybridized carbons (Fsp3) is 0. The van der Waals surface area contributed by atoms with E-state index in [1.54, 1.807) is 0 Å². The smallest absolute Gasteiger partial charge is 0.145 e. The van der Waals surface area contributed by atoms with Crippen LogP contribution in [0.25, 0.3) is 148 Å². The van der Waals surface area contributed by atoms with E-state index in [2.05, 4.69) is 117 Å². The van der Waals surface area contributed by atoms with Gasteiger partial charge >= 0.3 is 0 Å². The summed E-state index contributed by atoms with van der Waals surface area (Å²) in [6.45, 7) is 0. The van der Waals surface area contributed by atoms with Crippen molar-refractivity contribution in [1.82, 2.24) is 13.7 Å². The third-order valence-electron chi connectivity index (χ3n) is 14.7. The van der Waals surface area contributed by atoms with Gasteiger partial charge in [-0.2, -0.15) is 10.5 Å². The maximum absolute atomic E-state index is 11.9. The number of furan rings is 3. The minimum absolute atomic E-state index is 0.334. The number of para-hydroxylation sites is 6. The highest BCUT2D eigenvalue weighted by Gasteiger charge is 2.30. The lowest BCUT2D eigenvalue weighted by Gasteiger charge is -2.21. The Hall–Kier alpha value is -10.0. The summed E-state index contributed by atoms with van der Waals surface area (Å²) in [4.78, 5) is 0. The SMILES string of the molecule is N#Cc1c(-n2c3ccccc3c3c4oc5ccccc5c4ccc32)cc(-n2c3ccccc3c3c4oc5ccccc5c4ccc32)c(C#N)c1-n1c2ccccc2c2c3oc4ccccc4c3ccc21. The predicted octanol–water partition coefficient (Wildman–Crippen LogP) is 16.4. The molecule has 16 rings (SSSR count). The van der Waals surface area contributed by atoms with Gasteiger partial charge in [-0.1, -0.05) is 109 Å². The third kappa shape index (κ3) is 4.57. The molecule has 0 aliphatic rings. The second kappa shape index (κ2) is 13.3. The topological polar surface area (TPSA) is 102 Å². The minimum Gasteiger partial charge on any atom is -0.455 e. The van der Waals surface area contributed by atoms with Crippen molar-refractivity contribution in [3.05, 3.63) is 199 Å². The molecule has 70 heavy (non-hydrogen) atoms. The maximum atomic E-state index is 11.9. The van der Waals surface area contributed by atoms with E-state index in [9.17, 15) is 10.5 Å². The Morgan fingerprint density at radius 2 is 0.614 bits per heavy atom. The number of hydrogen-bond donors (Lipinski definition) is 0. The van der Waals surface area contributed by atoms with E-state index in [1.807, 2.05) is 97.1 Å². The van der Waals surface area contributed by atoms with Crippen molar-refractivity contribution in [2.75, 3.05) is 0 Å². The summed E-state index contributed by atoms with van der Waals surface area (Å²) in [6.07, 6.45) is 0. The average Bonchev–Trinajstić information content (AvgIpc) is 4.26. The molecule has 0 aliphatic heterocycles. The number of nitriles is 2. The molecule has 16 aromatic rings. The lowest BCUT2D eigenvalue weighted by molar-refractivity contribution is 0.672. The van der Waals surface area contributed by atoms with Crippen molar-refractivity contribution in [1.29, 1.82) is 10.5 Å². The van der Waals surface area contributed by atoms with E-state index in [0.29, 0.717) is 28.2 Å². The van der Waals surface area contributed by atoms with Crippen molar-refractivity contribution < 1.29 is 13.3 Å². The third-order valence-corrected chi connectivity index (χ3v) is 14.7. The van der Waals surface area contributed by atoms with Gasteiger partial charge in [0.25, 0.3) is 0 Å². The summed E-state index contributed by atoms with van der Waals surface area (Å²) in [5.74, 6) is 0. The highest BCUT2D eigenvalue weighted by Crippen LogP contribution is 2.48. The number of fused-ring (bicyclic) bond motifs is 21. The molecule has 8 nitrogen and oxygen atoms in total. The normalized spacial score (nSPS) is 12.3. The summed E-state index contributed by atoms with van der Waals surface area (Å²) in [7, 11) is 0. The summed E-state index contributed by atoms with van der Waals surface area (Å²) in [5.41, 5.74) is 12.2. The van der Waals surface area contributed by atoms with Gasteiger partial charge in [0.05, 0.1) is 66.3 Å². The molecule has 322 valence electrons. The largest absolute Gasteiger partial charge is 0.455 e. The quantitative estimate of drug-likeness (QED) is 0.176. The molecular formula is C62H31N5O3. The zero-order valence-electron chi connectivity index (χ0n) is 36.9. The van der Waals surface area contributed by atoms with E-state index in [0.717, 1.165) is 131 Å². The Morgan fingerprint density at radius 1 is 0.300 bits per heavy atom. The van der Waals surface area contributed by atoms with E-state index in [4.69, 9.17) is 13.3 Å².